The summed E-state index contributed by atoms with van der Waals surface area (Å²) >= 11 is 0. The lowest BCUT2D eigenvalue weighted by Crippen LogP contribution is -2.45. The van der Waals surface area contributed by atoms with Gasteiger partial charge in [-0.15, -0.1) is 6.42 Å². The van der Waals surface area contributed by atoms with Gasteiger partial charge in [-0.3, -0.25) is 0 Å². The molecule has 0 bridgehead atoms. The van der Waals surface area contributed by atoms with E-state index in [9.17, 15) is 0 Å². The molecule has 1 nitrogen and oxygen atoms in total. The summed E-state index contributed by atoms with van der Waals surface area (Å²) < 4.78 is 0. The molecule has 0 amide bonds. The molecule has 0 saturated carbocycles. The number of terminal acetylenes is 1. The maximum Gasteiger partial charge on any atom is 0.0782 e. The molecule has 86 valence electrons. The normalized spacial score (nSPS) is 13.1. The van der Waals surface area contributed by atoms with Crippen LogP contribution in [0.25, 0.3) is 0 Å². The van der Waals surface area contributed by atoms with Crippen LogP contribution in [0.5, 0.6) is 0 Å². The minimum atomic E-state index is 0.0464. The fourth-order valence-corrected chi connectivity index (χ4v) is 2.52. The molecule has 1 N–H and O–H groups in total. The third kappa shape index (κ3) is 2.13. The van der Waals surface area contributed by atoms with Crippen LogP contribution in [0.4, 0.5) is 0 Å². The zero-order valence-electron chi connectivity index (χ0n) is 10.5. The zero-order valence-corrected chi connectivity index (χ0v) is 10.5. The monoisotopic (exact) mass is 215 g/mol. The Labute approximate surface area is 99.3 Å². The van der Waals surface area contributed by atoms with Crippen LogP contribution in [0.3, 0.4) is 0 Å². The molecule has 0 aliphatic heterocycles. The average Bonchev–Trinajstić information content (AvgIpc) is 2.37. The number of likely N-dealkylation sites (N-methyl/N-ethyl adjacent to an activating group) is 1. The van der Waals surface area contributed by atoms with E-state index in [-0.39, 0.29) is 11.5 Å². The van der Waals surface area contributed by atoms with E-state index in [0.717, 1.165) is 12.8 Å². The highest BCUT2D eigenvalue weighted by molar-refractivity contribution is 5.31. The number of benzene rings is 1. The summed E-state index contributed by atoms with van der Waals surface area (Å²) in [5.74, 6) is 2.88. The van der Waals surface area contributed by atoms with E-state index in [2.05, 4.69) is 49.4 Å². The molecule has 1 heteroatoms. The van der Waals surface area contributed by atoms with Gasteiger partial charge >= 0.3 is 0 Å². The van der Waals surface area contributed by atoms with Gasteiger partial charge in [-0.25, -0.2) is 0 Å². The van der Waals surface area contributed by atoms with Crippen LogP contribution < -0.4 is 5.32 Å². The first kappa shape index (κ1) is 12.8. The Bertz CT molecular complexity index is 343. The predicted molar refractivity (Wildman–Crippen MR) is 70.4 cm³/mol. The van der Waals surface area contributed by atoms with Crippen molar-refractivity contribution in [2.24, 2.45) is 0 Å². The number of hydrogen-bond donors (Lipinski definition) is 1. The van der Waals surface area contributed by atoms with Gasteiger partial charge in [0.25, 0.3) is 0 Å². The van der Waals surface area contributed by atoms with Crippen molar-refractivity contribution in [1.29, 1.82) is 0 Å². The Kier molecular flexibility index (Phi) is 4.58. The first-order valence-corrected chi connectivity index (χ1v) is 5.94. The Morgan fingerprint density at radius 2 is 1.81 bits per heavy atom. The van der Waals surface area contributed by atoms with E-state index < -0.39 is 0 Å². The van der Waals surface area contributed by atoms with Crippen molar-refractivity contribution in [2.45, 2.75) is 38.1 Å². The van der Waals surface area contributed by atoms with Crippen molar-refractivity contribution in [1.82, 2.24) is 5.32 Å². The second-order valence-electron chi connectivity index (χ2n) is 4.12. The van der Waals surface area contributed by atoms with Crippen LogP contribution in [0, 0.1) is 12.3 Å². The van der Waals surface area contributed by atoms with Gasteiger partial charge < -0.3 is 5.32 Å². The molecule has 1 aromatic carbocycles. The minimum Gasteiger partial charge on any atom is -0.306 e. The molecule has 0 aliphatic carbocycles. The predicted octanol–water partition coefficient (Wildman–Crippen LogP) is 2.97. The number of nitrogens with one attached hydrogen (secondary N) is 1. The molecule has 0 fully saturated rings. The van der Waals surface area contributed by atoms with E-state index in [1.807, 2.05) is 13.1 Å². The molecule has 16 heavy (non-hydrogen) atoms. The van der Waals surface area contributed by atoms with Crippen LogP contribution in [-0.4, -0.2) is 13.1 Å². The second kappa shape index (κ2) is 5.72. The highest BCUT2D eigenvalue weighted by atomic mass is 14.9. The molecule has 0 radical (unpaired) electrons. The van der Waals surface area contributed by atoms with Gasteiger partial charge in [-0.2, -0.15) is 0 Å². The van der Waals surface area contributed by atoms with Crippen molar-refractivity contribution < 1.29 is 0 Å². The summed E-state index contributed by atoms with van der Waals surface area (Å²) in [6.07, 6.45) is 7.74. The van der Waals surface area contributed by atoms with Crippen molar-refractivity contribution in [2.75, 3.05) is 7.05 Å². The smallest absolute Gasteiger partial charge is 0.0782 e. The molecule has 1 atom stereocenters. The second-order valence-corrected chi connectivity index (χ2v) is 4.12. The molecule has 1 unspecified atom stereocenters. The Morgan fingerprint density at radius 3 is 2.19 bits per heavy atom. The third-order valence-electron chi connectivity index (χ3n) is 3.62. The van der Waals surface area contributed by atoms with Gasteiger partial charge in [-0.1, -0.05) is 50.1 Å². The Hall–Kier alpha value is -1.26. The highest BCUT2D eigenvalue weighted by Gasteiger charge is 2.35. The number of hydrogen-bond acceptors (Lipinski definition) is 1. The quantitative estimate of drug-likeness (QED) is 0.745. The van der Waals surface area contributed by atoms with Crippen LogP contribution in [0.15, 0.2) is 30.3 Å². The zero-order chi connectivity index (χ0) is 12.0. The molecule has 0 heterocycles. The van der Waals surface area contributed by atoms with Crippen LogP contribution in [0.1, 0.15) is 32.3 Å². The summed E-state index contributed by atoms with van der Waals surface area (Å²) in [5.41, 5.74) is 1.38. The van der Waals surface area contributed by atoms with Crippen molar-refractivity contribution in [3.05, 3.63) is 35.9 Å². The summed E-state index contributed by atoms with van der Waals surface area (Å²) in [6, 6.07) is 10.6. The Morgan fingerprint density at radius 1 is 1.25 bits per heavy atom. The van der Waals surface area contributed by atoms with E-state index >= 15 is 0 Å². The standard InChI is InChI=1S/C15H21N/c1-5-14(16-4)15(6-2,7-3)13-11-9-8-10-12-13/h1,8-12,14,16H,6-7H2,2-4H3. The minimum absolute atomic E-state index is 0.0464. The van der Waals surface area contributed by atoms with Crippen LogP contribution in [0.2, 0.25) is 0 Å². The lowest BCUT2D eigenvalue weighted by atomic mass is 9.70. The maximum atomic E-state index is 5.65. The molecule has 0 saturated heterocycles. The molecular formula is C15H21N. The Balaban J connectivity index is 3.21. The summed E-state index contributed by atoms with van der Waals surface area (Å²) in [4.78, 5) is 0. The maximum absolute atomic E-state index is 5.65. The molecule has 1 rings (SSSR count). The summed E-state index contributed by atoms with van der Waals surface area (Å²) in [6.45, 7) is 4.41. The van der Waals surface area contributed by atoms with E-state index in [0.29, 0.717) is 0 Å². The molecule has 0 aromatic heterocycles. The van der Waals surface area contributed by atoms with Crippen molar-refractivity contribution in [3.8, 4) is 12.3 Å². The highest BCUT2D eigenvalue weighted by Crippen LogP contribution is 2.34. The fourth-order valence-electron chi connectivity index (χ4n) is 2.52. The van der Waals surface area contributed by atoms with Gasteiger partial charge in [0.1, 0.15) is 0 Å². The van der Waals surface area contributed by atoms with Crippen LogP contribution in [-0.2, 0) is 5.41 Å². The number of rotatable bonds is 5. The molecular weight excluding hydrogens is 194 g/mol. The van der Waals surface area contributed by atoms with Gasteiger partial charge in [0.15, 0.2) is 0 Å². The molecule has 1 aromatic rings. The van der Waals surface area contributed by atoms with Gasteiger partial charge in [-0.05, 0) is 25.5 Å². The van der Waals surface area contributed by atoms with E-state index in [4.69, 9.17) is 6.42 Å². The first-order chi connectivity index (χ1) is 7.75. The average molecular weight is 215 g/mol. The van der Waals surface area contributed by atoms with Crippen molar-refractivity contribution >= 4 is 0 Å². The molecule has 0 aliphatic rings. The van der Waals surface area contributed by atoms with E-state index in [1.54, 1.807) is 0 Å². The van der Waals surface area contributed by atoms with Crippen molar-refractivity contribution in [3.63, 3.8) is 0 Å². The third-order valence-corrected chi connectivity index (χ3v) is 3.62. The fraction of sp³-hybridized carbons (Fsp3) is 0.467. The van der Waals surface area contributed by atoms with E-state index in [1.165, 1.54) is 5.56 Å². The summed E-state index contributed by atoms with van der Waals surface area (Å²) in [5, 5.41) is 3.26. The van der Waals surface area contributed by atoms with Gasteiger partial charge in [0, 0.05) is 5.41 Å². The van der Waals surface area contributed by atoms with Crippen LogP contribution >= 0.6 is 0 Å². The topological polar surface area (TPSA) is 12.0 Å². The lowest BCUT2D eigenvalue weighted by Gasteiger charge is -2.37. The SMILES string of the molecule is C#CC(NC)C(CC)(CC)c1ccccc1. The largest absolute Gasteiger partial charge is 0.306 e. The summed E-state index contributed by atoms with van der Waals surface area (Å²) in [7, 11) is 1.94. The lowest BCUT2D eigenvalue weighted by molar-refractivity contribution is 0.331. The first-order valence-electron chi connectivity index (χ1n) is 5.94. The molecule has 0 spiro atoms. The van der Waals surface area contributed by atoms with Gasteiger partial charge in [0.2, 0.25) is 0 Å². The van der Waals surface area contributed by atoms with Gasteiger partial charge in [0.05, 0.1) is 6.04 Å².